The zero-order valence-corrected chi connectivity index (χ0v) is 35.9. The van der Waals surface area contributed by atoms with Gasteiger partial charge in [-0.2, -0.15) is 13.2 Å². The van der Waals surface area contributed by atoms with E-state index in [1.165, 1.54) is 29.6 Å². The van der Waals surface area contributed by atoms with Crippen molar-refractivity contribution in [3.8, 4) is 11.1 Å². The number of sulfonamides is 1. The van der Waals surface area contributed by atoms with E-state index < -0.39 is 26.7 Å². The Balaban J connectivity index is 0.947. The molecule has 5 aromatic carbocycles. The van der Waals surface area contributed by atoms with Gasteiger partial charge in [-0.25, -0.2) is 18.4 Å². The lowest BCUT2D eigenvalue weighted by atomic mass is 9.99. The van der Waals surface area contributed by atoms with E-state index in [9.17, 15) is 21.6 Å². The highest BCUT2D eigenvalue weighted by molar-refractivity contribution is 7.99. The van der Waals surface area contributed by atoms with Crippen LogP contribution in [-0.4, -0.2) is 85.8 Å². The molecule has 2 aliphatic heterocycles. The fourth-order valence-electron chi connectivity index (χ4n) is 8.01. The molecule has 6 aromatic rings. The van der Waals surface area contributed by atoms with Crippen LogP contribution in [0.3, 0.4) is 0 Å². The molecular formula is C46H47ClF3N7O2S2. The molecule has 61 heavy (non-hydrogen) atoms. The molecule has 1 aromatic heterocycles. The van der Waals surface area contributed by atoms with Gasteiger partial charge in [0.05, 0.1) is 16.0 Å². The summed E-state index contributed by atoms with van der Waals surface area (Å²) in [7, 11) is -4.49. The average molecular weight is 887 g/mol. The van der Waals surface area contributed by atoms with E-state index in [1.807, 2.05) is 72.8 Å². The summed E-state index contributed by atoms with van der Waals surface area (Å²) in [5.74, 6) is 0.521. The van der Waals surface area contributed by atoms with Crippen molar-refractivity contribution in [2.24, 2.45) is 0 Å². The third-order valence-electron chi connectivity index (χ3n) is 11.3. The van der Waals surface area contributed by atoms with Crippen LogP contribution in [0.15, 0.2) is 131 Å². The van der Waals surface area contributed by atoms with Gasteiger partial charge in [-0.05, 0) is 110 Å². The number of aromatic nitrogens is 2. The van der Waals surface area contributed by atoms with Crippen LogP contribution in [0.2, 0.25) is 5.02 Å². The van der Waals surface area contributed by atoms with Crippen LogP contribution in [0.5, 0.6) is 0 Å². The Hall–Kier alpha value is -4.86. The molecule has 3 heterocycles. The predicted octanol–water partition coefficient (Wildman–Crippen LogP) is 10.2. The summed E-state index contributed by atoms with van der Waals surface area (Å²) in [5, 5.41) is 4.27. The second-order valence-corrected chi connectivity index (χ2v) is 18.7. The lowest BCUT2D eigenvalue weighted by Gasteiger charge is -2.36. The molecular weight excluding hydrogens is 839 g/mol. The SMILES string of the molecule is O=S(=O)(Nc1ncnc2cc(N3CCN(Cc4ccccc4-c4ccc(Cl)cc4)CC3)ccc12)c1ccc(NC(CCN2CCCC2)CSc2ccccc2)c(C(F)(F)F)c1. The summed E-state index contributed by atoms with van der Waals surface area (Å²) in [6, 6.07) is 34.4. The molecule has 0 radical (unpaired) electrons. The molecule has 0 aliphatic carbocycles. The van der Waals surface area contributed by atoms with Crippen LogP contribution in [-0.2, 0) is 22.7 Å². The van der Waals surface area contributed by atoms with Gasteiger partial charge in [0, 0.05) is 77.7 Å². The van der Waals surface area contributed by atoms with Crippen molar-refractivity contribution >= 4 is 61.5 Å². The molecule has 318 valence electrons. The lowest BCUT2D eigenvalue weighted by Crippen LogP contribution is -2.46. The van der Waals surface area contributed by atoms with Gasteiger partial charge in [-0.15, -0.1) is 11.8 Å². The minimum atomic E-state index is -4.81. The van der Waals surface area contributed by atoms with Gasteiger partial charge in [0.2, 0.25) is 0 Å². The zero-order chi connectivity index (χ0) is 42.4. The van der Waals surface area contributed by atoms with E-state index in [-0.39, 0.29) is 17.5 Å². The number of thioether (sulfide) groups is 1. The highest BCUT2D eigenvalue weighted by atomic mass is 35.5. The smallest absolute Gasteiger partial charge is 0.381 e. The summed E-state index contributed by atoms with van der Waals surface area (Å²) in [4.78, 5) is 16.1. The highest BCUT2D eigenvalue weighted by Gasteiger charge is 2.36. The standard InChI is InChI=1S/C46H47ClF3N7O2S2/c47-35-14-12-33(13-15-35)40-11-5-4-8-34(40)30-56-24-26-57(27-25-56)37-16-18-41-44(28-37)51-32-52-45(41)54-61(58,59)39-17-19-43(42(29-39)46(48,49)50)53-36(20-23-55-21-6-7-22-55)31-60-38-9-2-1-3-10-38/h1-5,8-19,28-29,32,36,53H,6-7,20-27,30-31H2,(H,51,52,54). The normalized spacial score (nSPS) is 15.9. The summed E-state index contributed by atoms with van der Waals surface area (Å²) >= 11 is 7.71. The second kappa shape index (κ2) is 19.0. The van der Waals surface area contributed by atoms with Crippen molar-refractivity contribution in [2.75, 3.05) is 66.5 Å². The number of piperazine rings is 1. The average Bonchev–Trinajstić information content (AvgIpc) is 3.79. The molecule has 1 atom stereocenters. The second-order valence-electron chi connectivity index (χ2n) is 15.5. The molecule has 0 bridgehead atoms. The molecule has 1 unspecified atom stereocenters. The van der Waals surface area contributed by atoms with Crippen molar-refractivity contribution in [3.05, 3.63) is 138 Å². The molecule has 8 rings (SSSR count). The van der Waals surface area contributed by atoms with Gasteiger partial charge in [-0.3, -0.25) is 9.62 Å². The summed E-state index contributed by atoms with van der Waals surface area (Å²) < 4.78 is 74.1. The Morgan fingerprint density at radius 1 is 0.787 bits per heavy atom. The van der Waals surface area contributed by atoms with Crippen LogP contribution in [0.25, 0.3) is 22.0 Å². The van der Waals surface area contributed by atoms with Gasteiger partial charge >= 0.3 is 6.18 Å². The van der Waals surface area contributed by atoms with Gasteiger partial charge in [0.25, 0.3) is 10.0 Å². The van der Waals surface area contributed by atoms with E-state index in [0.717, 1.165) is 81.3 Å². The minimum Gasteiger partial charge on any atom is -0.381 e. The third-order valence-corrected chi connectivity index (χ3v) is 14.1. The van der Waals surface area contributed by atoms with Gasteiger partial charge in [0.1, 0.15) is 6.33 Å². The van der Waals surface area contributed by atoms with Crippen molar-refractivity contribution in [3.63, 3.8) is 0 Å². The molecule has 2 aliphatic rings. The molecule has 0 spiro atoms. The minimum absolute atomic E-state index is 0.0172. The first kappa shape index (κ1) is 42.8. The van der Waals surface area contributed by atoms with E-state index in [2.05, 4.69) is 52.9 Å². The third kappa shape index (κ3) is 10.8. The van der Waals surface area contributed by atoms with Crippen molar-refractivity contribution in [2.45, 2.75) is 47.8 Å². The summed E-state index contributed by atoms with van der Waals surface area (Å²) in [6.07, 6.45) is -0.687. The number of hydrogen-bond donors (Lipinski definition) is 2. The van der Waals surface area contributed by atoms with E-state index in [0.29, 0.717) is 34.2 Å². The van der Waals surface area contributed by atoms with Gasteiger partial charge in [0.15, 0.2) is 5.82 Å². The molecule has 9 nitrogen and oxygen atoms in total. The Morgan fingerprint density at radius 2 is 1.52 bits per heavy atom. The van der Waals surface area contributed by atoms with Gasteiger partial charge in [-0.1, -0.05) is 66.2 Å². The number of nitrogens with one attached hydrogen (secondary N) is 2. The number of alkyl halides is 3. The van der Waals surface area contributed by atoms with Crippen molar-refractivity contribution in [1.82, 2.24) is 19.8 Å². The maximum Gasteiger partial charge on any atom is 0.418 e. The Kier molecular flexibility index (Phi) is 13.4. The number of fused-ring (bicyclic) bond motifs is 1. The first-order valence-corrected chi connectivity index (χ1v) is 23.3. The number of hydrogen-bond acceptors (Lipinski definition) is 9. The quantitative estimate of drug-likeness (QED) is 0.0978. The molecule has 15 heteroatoms. The monoisotopic (exact) mass is 885 g/mol. The van der Waals surface area contributed by atoms with E-state index >= 15 is 0 Å². The molecule has 2 N–H and O–H groups in total. The molecule has 0 amide bonds. The summed E-state index contributed by atoms with van der Waals surface area (Å²) in [6.45, 7) is 6.75. The largest absolute Gasteiger partial charge is 0.418 e. The number of likely N-dealkylation sites (tertiary alicyclic amines) is 1. The predicted molar refractivity (Wildman–Crippen MR) is 241 cm³/mol. The number of anilines is 3. The van der Waals surface area contributed by atoms with Gasteiger partial charge < -0.3 is 15.1 Å². The van der Waals surface area contributed by atoms with Crippen LogP contribution in [0.4, 0.5) is 30.4 Å². The van der Waals surface area contributed by atoms with Crippen LogP contribution in [0.1, 0.15) is 30.4 Å². The fourth-order valence-corrected chi connectivity index (χ4v) is 10.2. The first-order valence-electron chi connectivity index (χ1n) is 20.5. The fraction of sp³-hybridized carbons (Fsp3) is 0.304. The maximum absolute atomic E-state index is 14.7. The molecule has 2 fully saturated rings. The molecule has 2 saturated heterocycles. The topological polar surface area (TPSA) is 93.7 Å². The zero-order valence-electron chi connectivity index (χ0n) is 33.5. The summed E-state index contributed by atoms with van der Waals surface area (Å²) in [5.41, 5.74) is 3.77. The Morgan fingerprint density at radius 3 is 2.28 bits per heavy atom. The van der Waals surface area contributed by atoms with E-state index in [4.69, 9.17) is 11.6 Å². The number of rotatable bonds is 15. The number of benzene rings is 5. The Labute approximate surface area is 364 Å². The van der Waals surface area contributed by atoms with Crippen molar-refractivity contribution < 1.29 is 21.6 Å². The number of halogens is 4. The first-order chi connectivity index (χ1) is 29.5. The Bertz CT molecular complexity index is 2540. The maximum atomic E-state index is 14.7. The van der Waals surface area contributed by atoms with Crippen LogP contribution >= 0.6 is 23.4 Å². The van der Waals surface area contributed by atoms with Crippen molar-refractivity contribution in [1.29, 1.82) is 0 Å². The van der Waals surface area contributed by atoms with Crippen LogP contribution < -0.4 is 14.9 Å². The lowest BCUT2D eigenvalue weighted by molar-refractivity contribution is -0.137. The van der Waals surface area contributed by atoms with Crippen LogP contribution in [0, 0.1) is 0 Å². The van der Waals surface area contributed by atoms with E-state index in [1.54, 1.807) is 17.8 Å². The molecule has 0 saturated carbocycles. The number of nitrogens with zero attached hydrogens (tertiary/aromatic N) is 5. The highest BCUT2D eigenvalue weighted by Crippen LogP contribution is 2.38.